The fourth-order valence-corrected chi connectivity index (χ4v) is 2.17. The van der Waals surface area contributed by atoms with Crippen LogP contribution in [0.3, 0.4) is 0 Å². The first-order chi connectivity index (χ1) is 7.03. The molecule has 0 unspecified atom stereocenters. The molecule has 16 heavy (non-hydrogen) atoms. The van der Waals surface area contributed by atoms with Crippen molar-refractivity contribution in [2.75, 3.05) is 0 Å². The molecule has 0 atom stereocenters. The fourth-order valence-electron chi connectivity index (χ4n) is 1.71. The second kappa shape index (κ2) is 4.06. The summed E-state index contributed by atoms with van der Waals surface area (Å²) in [4.78, 5) is 0. The largest absolute Gasteiger partial charge is 0.289 e. The van der Waals surface area contributed by atoms with Crippen LogP contribution in [0.1, 0.15) is 52.7 Å². The lowest BCUT2D eigenvalue weighted by Crippen LogP contribution is -2.16. The summed E-state index contributed by atoms with van der Waals surface area (Å²) in [5.41, 5.74) is 1.54. The van der Waals surface area contributed by atoms with Gasteiger partial charge in [0.1, 0.15) is 0 Å². The molecule has 0 saturated carbocycles. The highest BCUT2D eigenvalue weighted by Gasteiger charge is 2.27. The number of hydrogen-bond acceptors (Lipinski definition) is 0. The Bertz CT molecular complexity index is 359. The Labute approximate surface area is 107 Å². The third kappa shape index (κ3) is 2.79. The van der Waals surface area contributed by atoms with Gasteiger partial charge in [0.25, 0.3) is 0 Å². The molecule has 2 heteroatoms. The SMILES string of the molecule is CC(C)(C)c1cc(Br)cc(C(C)(C)C)c1[O]. The monoisotopic (exact) mass is 283 g/mol. The zero-order valence-electron chi connectivity index (χ0n) is 10.9. The highest BCUT2D eigenvalue weighted by Crippen LogP contribution is 2.41. The predicted molar refractivity (Wildman–Crippen MR) is 71.7 cm³/mol. The maximum absolute atomic E-state index is 12.4. The predicted octanol–water partition coefficient (Wildman–Crippen LogP) is 5.19. The zero-order valence-corrected chi connectivity index (χ0v) is 12.5. The van der Waals surface area contributed by atoms with Crippen LogP contribution < -0.4 is 0 Å². The number of hydrogen-bond donors (Lipinski definition) is 0. The third-order valence-corrected chi connectivity index (χ3v) is 3.13. The van der Waals surface area contributed by atoms with Gasteiger partial charge < -0.3 is 0 Å². The van der Waals surface area contributed by atoms with Gasteiger partial charge in [-0.25, -0.2) is 0 Å². The molecule has 0 aliphatic heterocycles. The average Bonchev–Trinajstić information content (AvgIpc) is 2.04. The Balaban J connectivity index is 3.51. The average molecular weight is 284 g/mol. The van der Waals surface area contributed by atoms with Gasteiger partial charge in [-0.05, 0) is 23.0 Å². The summed E-state index contributed by atoms with van der Waals surface area (Å²) in [7, 11) is 0. The van der Waals surface area contributed by atoms with Crippen LogP contribution in [-0.2, 0) is 15.9 Å². The topological polar surface area (TPSA) is 19.9 Å². The van der Waals surface area contributed by atoms with Crippen molar-refractivity contribution < 1.29 is 5.11 Å². The van der Waals surface area contributed by atoms with E-state index in [-0.39, 0.29) is 16.6 Å². The molecule has 1 aromatic carbocycles. The molecule has 1 aromatic rings. The van der Waals surface area contributed by atoms with E-state index in [4.69, 9.17) is 0 Å². The van der Waals surface area contributed by atoms with Crippen molar-refractivity contribution in [2.24, 2.45) is 0 Å². The molecular weight excluding hydrogens is 264 g/mol. The van der Waals surface area contributed by atoms with E-state index in [0.29, 0.717) is 0 Å². The molecule has 0 amide bonds. The molecule has 0 saturated heterocycles. The molecule has 1 radical (unpaired) electrons. The maximum Gasteiger partial charge on any atom is 0.186 e. The quantitative estimate of drug-likeness (QED) is 0.625. The van der Waals surface area contributed by atoms with E-state index in [1.165, 1.54) is 0 Å². The van der Waals surface area contributed by atoms with Crippen molar-refractivity contribution >= 4 is 15.9 Å². The number of benzene rings is 1. The first-order valence-corrected chi connectivity index (χ1v) is 6.34. The standard InChI is InChI=1S/C14H20BrO/c1-13(2,3)10-7-9(15)8-11(12(10)16)14(4,5)6/h7-8H,1-6H3. The Kier molecular flexibility index (Phi) is 3.45. The van der Waals surface area contributed by atoms with Gasteiger partial charge in [0.05, 0.1) is 0 Å². The van der Waals surface area contributed by atoms with Gasteiger partial charge in [0.2, 0.25) is 0 Å². The first kappa shape index (κ1) is 13.6. The summed E-state index contributed by atoms with van der Waals surface area (Å²) in [6.45, 7) is 12.4. The summed E-state index contributed by atoms with van der Waals surface area (Å²) in [5, 5.41) is 12.4. The van der Waals surface area contributed by atoms with Crippen molar-refractivity contribution in [3.8, 4) is 5.75 Å². The lowest BCUT2D eigenvalue weighted by atomic mass is 9.79. The molecule has 0 N–H and O–H groups in total. The third-order valence-electron chi connectivity index (χ3n) is 2.67. The van der Waals surface area contributed by atoms with Gasteiger partial charge >= 0.3 is 0 Å². The molecule has 0 aliphatic carbocycles. The highest BCUT2D eigenvalue weighted by atomic mass is 79.9. The number of halogens is 1. The van der Waals surface area contributed by atoms with Crippen LogP contribution in [-0.4, -0.2) is 0 Å². The second-order valence-corrected chi connectivity index (χ2v) is 7.25. The van der Waals surface area contributed by atoms with Gasteiger partial charge in [-0.15, -0.1) is 0 Å². The molecule has 0 fully saturated rings. The van der Waals surface area contributed by atoms with E-state index in [9.17, 15) is 5.11 Å². The summed E-state index contributed by atoms with van der Waals surface area (Å²) in [6, 6.07) is 3.88. The Hall–Kier alpha value is -0.500. The summed E-state index contributed by atoms with van der Waals surface area (Å²) >= 11 is 3.49. The highest BCUT2D eigenvalue weighted by molar-refractivity contribution is 9.10. The van der Waals surface area contributed by atoms with Crippen molar-refractivity contribution in [1.29, 1.82) is 0 Å². The Morgan fingerprint density at radius 2 is 1.19 bits per heavy atom. The van der Waals surface area contributed by atoms with Crippen LogP contribution in [0.5, 0.6) is 5.75 Å². The van der Waals surface area contributed by atoms with E-state index in [1.807, 2.05) is 12.1 Å². The van der Waals surface area contributed by atoms with E-state index >= 15 is 0 Å². The van der Waals surface area contributed by atoms with E-state index in [0.717, 1.165) is 15.6 Å². The lowest BCUT2D eigenvalue weighted by molar-refractivity contribution is 0.327. The fraction of sp³-hybridized carbons (Fsp3) is 0.571. The summed E-state index contributed by atoms with van der Waals surface area (Å²) < 4.78 is 0.988. The van der Waals surface area contributed by atoms with Crippen LogP contribution in [0.25, 0.3) is 0 Å². The Morgan fingerprint density at radius 3 is 1.44 bits per heavy atom. The molecular formula is C14H20BrO. The minimum atomic E-state index is -0.110. The lowest BCUT2D eigenvalue weighted by Gasteiger charge is -2.26. The van der Waals surface area contributed by atoms with Crippen molar-refractivity contribution in [2.45, 2.75) is 52.4 Å². The molecule has 89 valence electrons. The van der Waals surface area contributed by atoms with Crippen molar-refractivity contribution in [1.82, 2.24) is 0 Å². The minimum absolute atomic E-state index is 0.110. The second-order valence-electron chi connectivity index (χ2n) is 6.33. The Morgan fingerprint density at radius 1 is 0.875 bits per heavy atom. The smallest absolute Gasteiger partial charge is 0.186 e. The van der Waals surface area contributed by atoms with Crippen molar-refractivity contribution in [3.05, 3.63) is 27.7 Å². The maximum atomic E-state index is 12.4. The zero-order chi connectivity index (χ0) is 12.7. The van der Waals surface area contributed by atoms with Gasteiger partial charge in [-0.2, -0.15) is 0 Å². The molecule has 0 heterocycles. The molecule has 1 nitrogen and oxygen atoms in total. The molecule has 0 spiro atoms. The normalized spacial score (nSPS) is 12.9. The molecule has 0 bridgehead atoms. The van der Waals surface area contributed by atoms with Crippen LogP contribution in [0, 0.1) is 0 Å². The van der Waals surface area contributed by atoms with Crippen LogP contribution in [0.4, 0.5) is 0 Å². The van der Waals surface area contributed by atoms with E-state index in [1.54, 1.807) is 0 Å². The van der Waals surface area contributed by atoms with Crippen LogP contribution in [0.2, 0.25) is 0 Å². The minimum Gasteiger partial charge on any atom is -0.289 e. The summed E-state index contributed by atoms with van der Waals surface area (Å²) in [6.07, 6.45) is 0. The van der Waals surface area contributed by atoms with Gasteiger partial charge in [-0.3, -0.25) is 5.11 Å². The molecule has 0 aromatic heterocycles. The van der Waals surface area contributed by atoms with Gasteiger partial charge in [0.15, 0.2) is 5.75 Å². The molecule has 0 aliphatic rings. The van der Waals surface area contributed by atoms with Crippen LogP contribution in [0.15, 0.2) is 16.6 Å². The molecule has 1 rings (SSSR count). The van der Waals surface area contributed by atoms with Crippen molar-refractivity contribution in [3.63, 3.8) is 0 Å². The first-order valence-electron chi connectivity index (χ1n) is 5.55. The van der Waals surface area contributed by atoms with E-state index < -0.39 is 0 Å². The van der Waals surface area contributed by atoms with Gasteiger partial charge in [0, 0.05) is 15.6 Å². The van der Waals surface area contributed by atoms with E-state index in [2.05, 4.69) is 57.5 Å². The van der Waals surface area contributed by atoms with Gasteiger partial charge in [-0.1, -0.05) is 57.5 Å². The van der Waals surface area contributed by atoms with Crippen LogP contribution >= 0.6 is 15.9 Å². The summed E-state index contributed by atoms with van der Waals surface area (Å²) in [5.74, 6) is 0.184. The number of rotatable bonds is 0.